The molecule has 4 nitrogen and oxygen atoms in total. The SMILES string of the molecule is CC(=O)c1cc(C(F)(F)F)ccc1O[C@H]1C[C@H]2CC[C@@H](C1)N2c1ccc(C(F)(F)F)cn1. The topological polar surface area (TPSA) is 42.4 Å². The van der Waals surface area contributed by atoms with Crippen LogP contribution in [0.3, 0.4) is 0 Å². The van der Waals surface area contributed by atoms with Crippen molar-refractivity contribution < 1.29 is 35.9 Å². The molecule has 2 saturated heterocycles. The van der Waals surface area contributed by atoms with Gasteiger partial charge in [-0.1, -0.05) is 0 Å². The van der Waals surface area contributed by atoms with Gasteiger partial charge in [0.15, 0.2) is 5.78 Å². The number of ether oxygens (including phenoxy) is 1. The van der Waals surface area contributed by atoms with Gasteiger partial charge >= 0.3 is 12.4 Å². The van der Waals surface area contributed by atoms with Crippen LogP contribution in [0.5, 0.6) is 5.75 Å². The van der Waals surface area contributed by atoms with E-state index in [-0.39, 0.29) is 29.5 Å². The van der Waals surface area contributed by atoms with Crippen LogP contribution in [0.1, 0.15) is 54.1 Å². The average molecular weight is 458 g/mol. The minimum atomic E-state index is -4.57. The van der Waals surface area contributed by atoms with E-state index >= 15 is 0 Å². The van der Waals surface area contributed by atoms with Crippen molar-refractivity contribution in [3.05, 3.63) is 53.2 Å². The first-order chi connectivity index (χ1) is 14.9. The number of benzene rings is 1. The molecule has 1 aromatic carbocycles. The Labute approximate surface area is 180 Å². The van der Waals surface area contributed by atoms with Gasteiger partial charge in [-0.05, 0) is 50.1 Å². The Kier molecular flexibility index (Phi) is 5.58. The van der Waals surface area contributed by atoms with Gasteiger partial charge in [-0.2, -0.15) is 26.3 Å². The van der Waals surface area contributed by atoms with Crippen LogP contribution < -0.4 is 9.64 Å². The number of hydrogen-bond donors (Lipinski definition) is 0. The third kappa shape index (κ3) is 4.40. The van der Waals surface area contributed by atoms with Crippen LogP contribution >= 0.6 is 0 Å². The minimum absolute atomic E-state index is 0.0155. The van der Waals surface area contributed by atoms with Crippen molar-refractivity contribution in [1.29, 1.82) is 0 Å². The van der Waals surface area contributed by atoms with Gasteiger partial charge in [0.2, 0.25) is 0 Å². The van der Waals surface area contributed by atoms with E-state index in [2.05, 4.69) is 4.98 Å². The fourth-order valence-corrected chi connectivity index (χ4v) is 4.57. The minimum Gasteiger partial charge on any atom is -0.490 e. The van der Waals surface area contributed by atoms with Crippen molar-refractivity contribution >= 4 is 11.6 Å². The van der Waals surface area contributed by atoms with Crippen molar-refractivity contribution in [2.75, 3.05) is 4.90 Å². The molecule has 172 valence electrons. The highest BCUT2D eigenvalue weighted by molar-refractivity contribution is 5.97. The molecule has 0 saturated carbocycles. The molecule has 10 heteroatoms. The lowest BCUT2D eigenvalue weighted by Gasteiger charge is -2.40. The summed E-state index contributed by atoms with van der Waals surface area (Å²) in [6.45, 7) is 1.19. The first-order valence-electron chi connectivity index (χ1n) is 10.1. The molecule has 2 aliphatic rings. The van der Waals surface area contributed by atoms with Crippen LogP contribution in [0.4, 0.5) is 32.2 Å². The van der Waals surface area contributed by atoms with Gasteiger partial charge in [0.05, 0.1) is 16.7 Å². The van der Waals surface area contributed by atoms with Crippen molar-refractivity contribution in [3.63, 3.8) is 0 Å². The molecule has 2 bridgehead atoms. The van der Waals surface area contributed by atoms with Gasteiger partial charge in [0.1, 0.15) is 17.7 Å². The Morgan fingerprint density at radius 2 is 1.56 bits per heavy atom. The van der Waals surface area contributed by atoms with Gasteiger partial charge in [0.25, 0.3) is 0 Å². The van der Waals surface area contributed by atoms with Crippen LogP contribution in [-0.2, 0) is 12.4 Å². The summed E-state index contributed by atoms with van der Waals surface area (Å²) in [5.41, 5.74) is -1.86. The maximum absolute atomic E-state index is 13.0. The number of hydrogen-bond acceptors (Lipinski definition) is 4. The number of alkyl halides is 6. The summed E-state index contributed by atoms with van der Waals surface area (Å²) < 4.78 is 83.4. The summed E-state index contributed by atoms with van der Waals surface area (Å²) in [6, 6.07) is 5.19. The molecule has 32 heavy (non-hydrogen) atoms. The number of anilines is 1. The number of piperidine rings is 1. The van der Waals surface area contributed by atoms with Crippen LogP contribution in [0.15, 0.2) is 36.5 Å². The Bertz CT molecular complexity index is 989. The number of fused-ring (bicyclic) bond motifs is 2. The van der Waals surface area contributed by atoms with Crippen molar-refractivity contribution in [1.82, 2.24) is 4.98 Å². The zero-order chi connectivity index (χ0) is 23.3. The third-order valence-corrected chi connectivity index (χ3v) is 6.01. The van der Waals surface area contributed by atoms with Gasteiger partial charge in [-0.25, -0.2) is 4.98 Å². The Hall–Kier alpha value is -2.78. The van der Waals surface area contributed by atoms with Crippen LogP contribution in [0.25, 0.3) is 0 Å². The molecular weight excluding hydrogens is 438 g/mol. The monoisotopic (exact) mass is 458 g/mol. The number of ketones is 1. The Morgan fingerprint density at radius 1 is 0.969 bits per heavy atom. The average Bonchev–Trinajstić information content (AvgIpc) is 2.97. The fraction of sp³-hybridized carbons (Fsp3) is 0.455. The van der Waals surface area contributed by atoms with E-state index in [4.69, 9.17) is 4.74 Å². The van der Waals surface area contributed by atoms with E-state index in [9.17, 15) is 31.1 Å². The summed E-state index contributed by atoms with van der Waals surface area (Å²) in [6.07, 6.45) is -5.87. The van der Waals surface area contributed by atoms with Gasteiger partial charge < -0.3 is 9.64 Å². The summed E-state index contributed by atoms with van der Waals surface area (Å²) in [5.74, 6) is 0.0411. The maximum atomic E-state index is 13.0. The van der Waals surface area contributed by atoms with Crippen LogP contribution in [0.2, 0.25) is 0 Å². The van der Waals surface area contributed by atoms with E-state index in [0.29, 0.717) is 18.7 Å². The van der Waals surface area contributed by atoms with Crippen molar-refractivity contribution in [2.45, 2.75) is 63.1 Å². The van der Waals surface area contributed by atoms with Crippen molar-refractivity contribution in [3.8, 4) is 5.75 Å². The maximum Gasteiger partial charge on any atom is 0.417 e. The lowest BCUT2D eigenvalue weighted by Crippen LogP contribution is -2.47. The second-order valence-corrected chi connectivity index (χ2v) is 8.17. The molecule has 4 rings (SSSR count). The van der Waals surface area contributed by atoms with E-state index in [1.54, 1.807) is 0 Å². The Morgan fingerprint density at radius 3 is 2.06 bits per heavy atom. The predicted octanol–water partition coefficient (Wildman–Crippen LogP) is 5.90. The van der Waals surface area contributed by atoms with Gasteiger partial charge in [0, 0.05) is 31.1 Å². The number of Topliss-reactive ketones (excluding diaryl/α,β-unsaturated/α-hetero) is 1. The second kappa shape index (κ2) is 7.97. The highest BCUT2D eigenvalue weighted by atomic mass is 19.4. The highest BCUT2D eigenvalue weighted by Gasteiger charge is 2.43. The number of pyridine rings is 1. The smallest absolute Gasteiger partial charge is 0.417 e. The van der Waals surface area contributed by atoms with E-state index in [0.717, 1.165) is 37.2 Å². The number of nitrogens with zero attached hydrogens (tertiary/aromatic N) is 2. The summed E-state index contributed by atoms with van der Waals surface area (Å²) in [4.78, 5) is 17.9. The first-order valence-corrected chi connectivity index (χ1v) is 10.1. The van der Waals surface area contributed by atoms with E-state index in [1.807, 2.05) is 4.90 Å². The van der Waals surface area contributed by atoms with Crippen LogP contribution in [0, 0.1) is 0 Å². The second-order valence-electron chi connectivity index (χ2n) is 8.17. The highest BCUT2D eigenvalue weighted by Crippen LogP contribution is 2.41. The summed E-state index contributed by atoms with van der Waals surface area (Å²) in [5, 5.41) is 0. The molecule has 2 aliphatic heterocycles. The molecule has 0 amide bonds. The van der Waals surface area contributed by atoms with Crippen LogP contribution in [-0.4, -0.2) is 29.0 Å². The zero-order valence-electron chi connectivity index (χ0n) is 17.0. The summed E-state index contributed by atoms with van der Waals surface area (Å²) in [7, 11) is 0. The van der Waals surface area contributed by atoms with Gasteiger partial charge in [-0.3, -0.25) is 4.79 Å². The fourth-order valence-electron chi connectivity index (χ4n) is 4.57. The van der Waals surface area contributed by atoms with E-state index in [1.165, 1.54) is 19.1 Å². The largest absolute Gasteiger partial charge is 0.490 e. The molecule has 3 heterocycles. The molecule has 2 aromatic rings. The number of rotatable bonds is 4. The molecule has 3 atom stereocenters. The third-order valence-electron chi connectivity index (χ3n) is 6.01. The Balaban J connectivity index is 1.50. The zero-order valence-corrected chi connectivity index (χ0v) is 17.0. The molecule has 2 fully saturated rings. The molecule has 0 N–H and O–H groups in total. The van der Waals surface area contributed by atoms with E-state index < -0.39 is 29.3 Å². The molecule has 0 radical (unpaired) electrons. The summed E-state index contributed by atoms with van der Waals surface area (Å²) >= 11 is 0. The first kappa shape index (κ1) is 22.4. The molecule has 0 aliphatic carbocycles. The number of halogens is 6. The lowest BCUT2D eigenvalue weighted by molar-refractivity contribution is -0.138. The normalized spacial score (nSPS) is 23.3. The predicted molar refractivity (Wildman–Crippen MR) is 104 cm³/mol. The van der Waals surface area contributed by atoms with Crippen molar-refractivity contribution in [2.24, 2.45) is 0 Å². The number of aromatic nitrogens is 1. The quantitative estimate of drug-likeness (QED) is 0.423. The number of carbonyl (C=O) groups is 1. The molecule has 1 aromatic heterocycles. The number of carbonyl (C=O) groups excluding carboxylic acids is 1. The molecule has 0 unspecified atom stereocenters. The lowest BCUT2D eigenvalue weighted by atomic mass is 9.99. The standard InChI is InChI=1S/C22H20F6N2O2/c1-12(31)18-8-13(21(23,24)25)2-6-19(18)32-17-9-15-4-5-16(10-17)30(15)20-7-3-14(11-29-20)22(26,27)28/h2-3,6-8,11,15-17H,4-5,9-10H2,1H3/t15-,16+,17+. The molecule has 0 spiro atoms. The van der Waals surface area contributed by atoms with Gasteiger partial charge in [-0.15, -0.1) is 0 Å². The molecular formula is C22H20F6N2O2.